The Labute approximate surface area is 291 Å². The van der Waals surface area contributed by atoms with Crippen molar-refractivity contribution in [3.63, 3.8) is 0 Å². The van der Waals surface area contributed by atoms with Crippen molar-refractivity contribution >= 4 is 11.9 Å². The third-order valence-corrected chi connectivity index (χ3v) is 9.24. The van der Waals surface area contributed by atoms with Crippen molar-refractivity contribution in [1.29, 1.82) is 0 Å². The van der Waals surface area contributed by atoms with Gasteiger partial charge in [0.05, 0.1) is 13.2 Å². The number of ether oxygens (including phenoxy) is 4. The Kier molecular flexibility index (Phi) is 28.4. The lowest BCUT2D eigenvalue weighted by atomic mass is 9.99. The molecule has 6 unspecified atom stereocenters. The van der Waals surface area contributed by atoms with Crippen LogP contribution in [0.1, 0.15) is 174 Å². The molecule has 0 bridgehead atoms. The Bertz CT molecular complexity index is 764. The van der Waals surface area contributed by atoms with Crippen LogP contribution in [0.2, 0.25) is 0 Å². The van der Waals surface area contributed by atoms with Gasteiger partial charge in [0.2, 0.25) is 0 Å². The predicted molar refractivity (Wildman–Crippen MR) is 187 cm³/mol. The van der Waals surface area contributed by atoms with E-state index in [1.54, 1.807) is 0 Å². The minimum Gasteiger partial charge on any atom is -0.462 e. The average molecular weight is 689 g/mol. The molecule has 1 aliphatic rings. The summed E-state index contributed by atoms with van der Waals surface area (Å²) in [5, 5.41) is 39.7. The number of rotatable bonds is 32. The number of carbonyl (C=O) groups is 2. The summed E-state index contributed by atoms with van der Waals surface area (Å²) < 4.78 is 21.9. The van der Waals surface area contributed by atoms with E-state index in [0.717, 1.165) is 44.9 Å². The van der Waals surface area contributed by atoms with Gasteiger partial charge in [0.25, 0.3) is 0 Å². The van der Waals surface area contributed by atoms with E-state index in [-0.39, 0.29) is 26.1 Å². The fourth-order valence-electron chi connectivity index (χ4n) is 6.07. The van der Waals surface area contributed by atoms with Gasteiger partial charge in [0.15, 0.2) is 12.4 Å². The van der Waals surface area contributed by atoms with E-state index >= 15 is 0 Å². The molecule has 0 aromatic carbocycles. The second-order valence-electron chi connectivity index (χ2n) is 13.8. The van der Waals surface area contributed by atoms with Crippen molar-refractivity contribution < 1.29 is 49.0 Å². The van der Waals surface area contributed by atoms with E-state index in [9.17, 15) is 30.0 Å². The van der Waals surface area contributed by atoms with Crippen molar-refractivity contribution in [3.8, 4) is 0 Å². The fraction of sp³-hybridized carbons (Fsp3) is 0.947. The lowest BCUT2D eigenvalue weighted by Crippen LogP contribution is -2.59. The van der Waals surface area contributed by atoms with Crippen LogP contribution in [0.3, 0.4) is 0 Å². The average Bonchev–Trinajstić information content (AvgIpc) is 3.08. The standard InChI is InChI=1S/C38H72O10/c1-3-5-7-9-10-11-12-13-14-15-16-17-18-19-20-21-22-23-25-27-34(41)47-31(29-45-33(40)26-24-8-6-4-2)30-46-38-37(44)36(43)35(42)32(28-39)48-38/h31-32,35-39,42-44H,3-30H2,1-2H3. The quantitative estimate of drug-likeness (QED) is 0.0427. The zero-order chi connectivity index (χ0) is 35.2. The molecule has 1 rings (SSSR count). The van der Waals surface area contributed by atoms with Gasteiger partial charge in [0.1, 0.15) is 31.0 Å². The van der Waals surface area contributed by atoms with Gasteiger partial charge >= 0.3 is 11.9 Å². The fourth-order valence-corrected chi connectivity index (χ4v) is 6.07. The van der Waals surface area contributed by atoms with E-state index < -0.39 is 55.4 Å². The lowest BCUT2D eigenvalue weighted by molar-refractivity contribution is -0.305. The topological polar surface area (TPSA) is 152 Å². The number of aliphatic hydroxyl groups is 4. The van der Waals surface area contributed by atoms with E-state index in [1.807, 2.05) is 0 Å². The molecule has 0 aromatic rings. The minimum atomic E-state index is -1.59. The smallest absolute Gasteiger partial charge is 0.306 e. The number of hydrogen-bond acceptors (Lipinski definition) is 10. The van der Waals surface area contributed by atoms with Crippen LogP contribution in [0.5, 0.6) is 0 Å². The first-order valence-electron chi connectivity index (χ1n) is 19.6. The molecule has 0 saturated carbocycles. The summed E-state index contributed by atoms with van der Waals surface area (Å²) in [7, 11) is 0. The third-order valence-electron chi connectivity index (χ3n) is 9.24. The van der Waals surface area contributed by atoms with Gasteiger partial charge < -0.3 is 39.4 Å². The number of unbranched alkanes of at least 4 members (excludes halogenated alkanes) is 21. The molecule has 0 spiro atoms. The molecule has 0 radical (unpaired) electrons. The number of hydrogen-bond donors (Lipinski definition) is 4. The summed E-state index contributed by atoms with van der Waals surface area (Å²) >= 11 is 0. The molecule has 0 aliphatic carbocycles. The van der Waals surface area contributed by atoms with Crippen molar-refractivity contribution in [2.24, 2.45) is 0 Å². The highest BCUT2D eigenvalue weighted by molar-refractivity contribution is 5.70. The maximum atomic E-state index is 12.6. The van der Waals surface area contributed by atoms with Crippen LogP contribution in [-0.4, -0.2) is 89.0 Å². The van der Waals surface area contributed by atoms with Crippen LogP contribution in [0.4, 0.5) is 0 Å². The first-order chi connectivity index (χ1) is 23.3. The van der Waals surface area contributed by atoms with Gasteiger partial charge in [-0.25, -0.2) is 0 Å². The van der Waals surface area contributed by atoms with Crippen LogP contribution >= 0.6 is 0 Å². The van der Waals surface area contributed by atoms with E-state index in [4.69, 9.17) is 18.9 Å². The van der Waals surface area contributed by atoms with Gasteiger partial charge in [-0.2, -0.15) is 0 Å². The highest BCUT2D eigenvalue weighted by Gasteiger charge is 2.44. The van der Waals surface area contributed by atoms with Crippen molar-refractivity contribution in [1.82, 2.24) is 0 Å². The van der Waals surface area contributed by atoms with Crippen LogP contribution < -0.4 is 0 Å². The number of carbonyl (C=O) groups excluding carboxylic acids is 2. The molecular formula is C38H72O10. The maximum Gasteiger partial charge on any atom is 0.306 e. The maximum absolute atomic E-state index is 12.6. The highest BCUT2D eigenvalue weighted by Crippen LogP contribution is 2.22. The molecule has 1 saturated heterocycles. The summed E-state index contributed by atoms with van der Waals surface area (Å²) in [5.74, 6) is -0.817. The predicted octanol–water partition coefficient (Wildman–Crippen LogP) is 7.05. The van der Waals surface area contributed by atoms with Crippen LogP contribution in [0.25, 0.3) is 0 Å². The Hall–Kier alpha value is -1.30. The Morgan fingerprint density at radius 1 is 0.562 bits per heavy atom. The number of esters is 2. The molecule has 10 heteroatoms. The molecule has 1 fully saturated rings. The Morgan fingerprint density at radius 3 is 1.44 bits per heavy atom. The molecular weight excluding hydrogens is 616 g/mol. The van der Waals surface area contributed by atoms with E-state index in [0.29, 0.717) is 6.42 Å². The zero-order valence-corrected chi connectivity index (χ0v) is 30.5. The summed E-state index contributed by atoms with van der Waals surface area (Å²) in [6.07, 6.45) is 20.4. The Morgan fingerprint density at radius 2 is 0.979 bits per heavy atom. The minimum absolute atomic E-state index is 0.213. The van der Waals surface area contributed by atoms with Crippen molar-refractivity contribution in [2.75, 3.05) is 19.8 Å². The molecule has 1 aliphatic heterocycles. The van der Waals surface area contributed by atoms with Crippen molar-refractivity contribution in [3.05, 3.63) is 0 Å². The zero-order valence-electron chi connectivity index (χ0n) is 30.5. The molecule has 48 heavy (non-hydrogen) atoms. The second-order valence-corrected chi connectivity index (χ2v) is 13.8. The molecule has 0 amide bonds. The molecule has 1 heterocycles. The van der Waals surface area contributed by atoms with Crippen LogP contribution in [-0.2, 0) is 28.5 Å². The molecule has 4 N–H and O–H groups in total. The lowest BCUT2D eigenvalue weighted by Gasteiger charge is -2.39. The number of aliphatic hydroxyl groups excluding tert-OH is 4. The third kappa shape index (κ3) is 22.4. The SMILES string of the molecule is CCCCCCCCCCCCCCCCCCCCCC(=O)OC(COC(=O)CCCCCC)COC1OC(CO)C(O)C(O)C1O. The summed E-state index contributed by atoms with van der Waals surface area (Å²) in [5.41, 5.74) is 0. The van der Waals surface area contributed by atoms with Gasteiger partial charge in [-0.1, -0.05) is 149 Å². The molecule has 10 nitrogen and oxygen atoms in total. The summed E-state index contributed by atoms with van der Waals surface area (Å²) in [6.45, 7) is 3.29. The first-order valence-corrected chi connectivity index (χ1v) is 19.6. The second kappa shape index (κ2) is 30.5. The Balaban J connectivity index is 2.23. The van der Waals surface area contributed by atoms with Gasteiger partial charge in [0, 0.05) is 12.8 Å². The van der Waals surface area contributed by atoms with Gasteiger partial charge in [-0.05, 0) is 12.8 Å². The normalized spacial score (nSPS) is 21.7. The highest BCUT2D eigenvalue weighted by atomic mass is 16.7. The molecule has 6 atom stereocenters. The van der Waals surface area contributed by atoms with E-state index in [2.05, 4.69) is 13.8 Å². The monoisotopic (exact) mass is 689 g/mol. The van der Waals surface area contributed by atoms with E-state index in [1.165, 1.54) is 96.3 Å². The largest absolute Gasteiger partial charge is 0.462 e. The first kappa shape index (κ1) is 44.7. The van der Waals surface area contributed by atoms with Gasteiger partial charge in [-0.3, -0.25) is 9.59 Å². The van der Waals surface area contributed by atoms with Crippen molar-refractivity contribution in [2.45, 2.75) is 211 Å². The van der Waals surface area contributed by atoms with Gasteiger partial charge in [-0.15, -0.1) is 0 Å². The molecule has 0 aromatic heterocycles. The molecule has 284 valence electrons. The summed E-state index contributed by atoms with van der Waals surface area (Å²) in [4.78, 5) is 24.8. The van der Waals surface area contributed by atoms with Crippen LogP contribution in [0, 0.1) is 0 Å². The van der Waals surface area contributed by atoms with Crippen LogP contribution in [0.15, 0.2) is 0 Å². The summed E-state index contributed by atoms with van der Waals surface area (Å²) in [6, 6.07) is 0.